The van der Waals surface area contributed by atoms with Crippen LogP contribution in [0.15, 0.2) is 30.3 Å². The van der Waals surface area contributed by atoms with Gasteiger partial charge in [-0.1, -0.05) is 0 Å². The first-order valence-electron chi connectivity index (χ1n) is 6.11. The summed E-state index contributed by atoms with van der Waals surface area (Å²) in [6, 6.07) is 5.08. The van der Waals surface area contributed by atoms with E-state index in [1.54, 1.807) is 12.2 Å². The van der Waals surface area contributed by atoms with Gasteiger partial charge in [0.2, 0.25) is 0 Å². The van der Waals surface area contributed by atoms with Crippen LogP contribution >= 0.6 is 0 Å². The Balaban J connectivity index is 2.01. The molecule has 2 aromatic rings. The molecule has 1 unspecified atom stereocenters. The highest BCUT2D eigenvalue weighted by Gasteiger charge is 2.22. The van der Waals surface area contributed by atoms with E-state index in [-0.39, 0.29) is 17.2 Å². The molecule has 0 fully saturated rings. The average molecular weight is 288 g/mol. The lowest BCUT2D eigenvalue weighted by atomic mass is 10.0. The number of phenolic OH excluding ortho intramolecular Hbond substituents is 5. The summed E-state index contributed by atoms with van der Waals surface area (Å²) in [5, 5.41) is 47.6. The van der Waals surface area contributed by atoms with Crippen molar-refractivity contribution in [2.45, 2.75) is 6.10 Å². The number of phenols is 5. The SMILES string of the molecule is Oc1cc(O)c2c(c1)OC(c1cc(O)c(O)c(O)c1)C=C2. The molecular formula is C15H12O6. The Kier molecular flexibility index (Phi) is 2.79. The van der Waals surface area contributed by atoms with E-state index in [0.717, 1.165) is 0 Å². The standard InChI is InChI=1S/C15H12O6/c16-8-5-10(17)9-1-2-13(21-14(9)6-8)7-3-11(18)15(20)12(19)4-7/h1-6,13,16-20H. The summed E-state index contributed by atoms with van der Waals surface area (Å²) in [6.07, 6.45) is 2.58. The van der Waals surface area contributed by atoms with Gasteiger partial charge >= 0.3 is 0 Å². The monoisotopic (exact) mass is 288 g/mol. The minimum Gasteiger partial charge on any atom is -0.508 e. The van der Waals surface area contributed by atoms with Crippen LogP contribution in [0.5, 0.6) is 34.5 Å². The number of hydrogen-bond donors (Lipinski definition) is 5. The van der Waals surface area contributed by atoms with Gasteiger partial charge < -0.3 is 30.3 Å². The number of hydrogen-bond acceptors (Lipinski definition) is 6. The molecule has 0 saturated heterocycles. The molecule has 6 nitrogen and oxygen atoms in total. The van der Waals surface area contributed by atoms with Gasteiger partial charge in [0.05, 0.1) is 5.56 Å². The van der Waals surface area contributed by atoms with E-state index in [1.165, 1.54) is 24.3 Å². The van der Waals surface area contributed by atoms with Crippen LogP contribution in [0, 0.1) is 0 Å². The summed E-state index contributed by atoms with van der Waals surface area (Å²) in [5.74, 6) is -1.52. The van der Waals surface area contributed by atoms with Gasteiger partial charge in [-0.2, -0.15) is 0 Å². The van der Waals surface area contributed by atoms with E-state index in [9.17, 15) is 25.5 Å². The second-order valence-corrected chi connectivity index (χ2v) is 4.68. The second-order valence-electron chi connectivity index (χ2n) is 4.68. The van der Waals surface area contributed by atoms with Crippen LogP contribution in [0.3, 0.4) is 0 Å². The fraction of sp³-hybridized carbons (Fsp3) is 0.0667. The van der Waals surface area contributed by atoms with Crippen molar-refractivity contribution in [1.82, 2.24) is 0 Å². The van der Waals surface area contributed by atoms with E-state index in [2.05, 4.69) is 0 Å². The molecule has 21 heavy (non-hydrogen) atoms. The zero-order valence-electron chi connectivity index (χ0n) is 10.7. The van der Waals surface area contributed by atoms with E-state index in [0.29, 0.717) is 11.1 Å². The molecule has 0 spiro atoms. The van der Waals surface area contributed by atoms with Gasteiger partial charge in [0, 0.05) is 17.7 Å². The number of ether oxygens (including phenoxy) is 1. The lowest BCUT2D eigenvalue weighted by molar-refractivity contribution is 0.247. The molecule has 0 amide bonds. The van der Waals surface area contributed by atoms with Crippen molar-refractivity contribution < 1.29 is 30.3 Å². The van der Waals surface area contributed by atoms with E-state index in [1.807, 2.05) is 0 Å². The summed E-state index contributed by atoms with van der Waals surface area (Å²) in [7, 11) is 0. The highest BCUT2D eigenvalue weighted by Crippen LogP contribution is 2.43. The lowest BCUT2D eigenvalue weighted by Gasteiger charge is -2.23. The smallest absolute Gasteiger partial charge is 0.200 e. The largest absolute Gasteiger partial charge is 0.508 e. The molecule has 6 heteroatoms. The van der Waals surface area contributed by atoms with Gasteiger partial charge in [-0.3, -0.25) is 0 Å². The molecule has 0 saturated carbocycles. The third-order valence-corrected chi connectivity index (χ3v) is 3.22. The van der Waals surface area contributed by atoms with Crippen LogP contribution in [-0.2, 0) is 0 Å². The molecule has 3 rings (SSSR count). The Labute approximate surface area is 119 Å². The Morgan fingerprint density at radius 1 is 0.810 bits per heavy atom. The maximum Gasteiger partial charge on any atom is 0.200 e. The van der Waals surface area contributed by atoms with Crippen LogP contribution in [0.25, 0.3) is 6.08 Å². The van der Waals surface area contributed by atoms with Crippen LogP contribution in [0.2, 0.25) is 0 Å². The van der Waals surface area contributed by atoms with Crippen molar-refractivity contribution in [2.75, 3.05) is 0 Å². The first-order valence-corrected chi connectivity index (χ1v) is 6.11. The third kappa shape index (κ3) is 2.16. The highest BCUT2D eigenvalue weighted by molar-refractivity contribution is 5.68. The number of benzene rings is 2. The number of rotatable bonds is 1. The Morgan fingerprint density at radius 2 is 1.48 bits per heavy atom. The molecule has 0 radical (unpaired) electrons. The van der Waals surface area contributed by atoms with Gasteiger partial charge in [-0.05, 0) is 24.3 Å². The molecule has 1 atom stereocenters. The van der Waals surface area contributed by atoms with Crippen molar-refractivity contribution in [3.63, 3.8) is 0 Å². The Bertz CT molecular complexity index is 727. The van der Waals surface area contributed by atoms with Crippen molar-refractivity contribution >= 4 is 6.08 Å². The van der Waals surface area contributed by atoms with Crippen molar-refractivity contribution in [1.29, 1.82) is 0 Å². The predicted octanol–water partition coefficient (Wildman–Crippen LogP) is 2.36. The summed E-state index contributed by atoms with van der Waals surface area (Å²) < 4.78 is 5.62. The fourth-order valence-corrected chi connectivity index (χ4v) is 2.19. The van der Waals surface area contributed by atoms with Crippen molar-refractivity contribution in [3.8, 4) is 34.5 Å². The van der Waals surface area contributed by atoms with Crippen molar-refractivity contribution in [2.24, 2.45) is 0 Å². The molecule has 2 aromatic carbocycles. The molecule has 0 bridgehead atoms. The molecule has 1 aliphatic heterocycles. The fourth-order valence-electron chi connectivity index (χ4n) is 2.19. The minimum atomic E-state index is -0.643. The van der Waals surface area contributed by atoms with E-state index < -0.39 is 23.4 Å². The maximum atomic E-state index is 9.71. The lowest BCUT2D eigenvalue weighted by Crippen LogP contribution is -2.08. The first-order chi connectivity index (χ1) is 9.95. The topological polar surface area (TPSA) is 110 Å². The van der Waals surface area contributed by atoms with Gasteiger partial charge in [-0.25, -0.2) is 0 Å². The van der Waals surface area contributed by atoms with Crippen LogP contribution < -0.4 is 4.74 Å². The van der Waals surface area contributed by atoms with Gasteiger partial charge in [-0.15, -0.1) is 0 Å². The first kappa shape index (κ1) is 13.0. The zero-order chi connectivity index (χ0) is 15.1. The molecule has 108 valence electrons. The summed E-state index contributed by atoms with van der Waals surface area (Å²) in [4.78, 5) is 0. The molecule has 1 aliphatic rings. The molecule has 0 aliphatic carbocycles. The Morgan fingerprint density at radius 3 is 2.14 bits per heavy atom. The normalized spacial score (nSPS) is 16.3. The van der Waals surface area contributed by atoms with E-state index in [4.69, 9.17) is 4.74 Å². The van der Waals surface area contributed by atoms with Crippen LogP contribution in [-0.4, -0.2) is 25.5 Å². The zero-order valence-corrected chi connectivity index (χ0v) is 10.7. The number of aromatic hydroxyl groups is 5. The third-order valence-electron chi connectivity index (χ3n) is 3.22. The quantitative estimate of drug-likeness (QED) is 0.515. The van der Waals surface area contributed by atoms with Crippen molar-refractivity contribution in [3.05, 3.63) is 41.5 Å². The van der Waals surface area contributed by atoms with Gasteiger partial charge in [0.1, 0.15) is 23.4 Å². The molecular weight excluding hydrogens is 276 g/mol. The summed E-state index contributed by atoms with van der Waals surface area (Å²) in [6.45, 7) is 0. The second kappa shape index (κ2) is 4.52. The number of fused-ring (bicyclic) bond motifs is 1. The minimum absolute atomic E-state index is 0.115. The van der Waals surface area contributed by atoms with Gasteiger partial charge in [0.15, 0.2) is 17.2 Å². The maximum absolute atomic E-state index is 9.71. The average Bonchev–Trinajstić information content (AvgIpc) is 2.43. The Hall–Kier alpha value is -3.02. The van der Waals surface area contributed by atoms with E-state index >= 15 is 0 Å². The van der Waals surface area contributed by atoms with Crippen LogP contribution in [0.1, 0.15) is 17.2 Å². The predicted molar refractivity (Wildman–Crippen MR) is 73.6 cm³/mol. The summed E-state index contributed by atoms with van der Waals surface area (Å²) >= 11 is 0. The summed E-state index contributed by atoms with van der Waals surface area (Å²) in [5.41, 5.74) is 0.837. The molecule has 0 aromatic heterocycles. The highest BCUT2D eigenvalue weighted by atomic mass is 16.5. The molecule has 5 N–H and O–H groups in total. The van der Waals surface area contributed by atoms with Gasteiger partial charge in [0.25, 0.3) is 0 Å². The molecule has 1 heterocycles. The van der Waals surface area contributed by atoms with Crippen LogP contribution in [0.4, 0.5) is 0 Å².